The molecular weight excluding hydrogens is 430 g/mol. The molecule has 2 fully saturated rings. The van der Waals surface area contributed by atoms with Crippen LogP contribution in [0.3, 0.4) is 0 Å². The number of methoxy groups -OCH3 is 2. The van der Waals surface area contributed by atoms with Gasteiger partial charge in [-0.05, 0) is 23.3 Å². The molecule has 10 heteroatoms. The number of rotatable bonds is 4. The van der Waals surface area contributed by atoms with Gasteiger partial charge in [-0.15, -0.1) is 0 Å². The summed E-state index contributed by atoms with van der Waals surface area (Å²) in [6, 6.07) is 9.58. The van der Waals surface area contributed by atoms with Crippen LogP contribution in [0.2, 0.25) is 0 Å². The van der Waals surface area contributed by atoms with Gasteiger partial charge in [-0.1, -0.05) is 24.3 Å². The van der Waals surface area contributed by atoms with Crippen LogP contribution >= 0.6 is 0 Å². The van der Waals surface area contributed by atoms with Gasteiger partial charge in [-0.2, -0.15) is 0 Å². The highest BCUT2D eigenvalue weighted by molar-refractivity contribution is 6.24. The van der Waals surface area contributed by atoms with E-state index in [0.29, 0.717) is 0 Å². The predicted octanol–water partition coefficient (Wildman–Crippen LogP) is 2.29. The van der Waals surface area contributed by atoms with E-state index in [9.17, 15) is 24.5 Å². The van der Waals surface area contributed by atoms with Gasteiger partial charge < -0.3 is 14.4 Å². The Bertz CT molecular complexity index is 1240. The van der Waals surface area contributed by atoms with Crippen LogP contribution in [0.15, 0.2) is 48.7 Å². The number of carbonyl (C=O) groups is 3. The lowest BCUT2D eigenvalue weighted by Gasteiger charge is -2.34. The maximum atomic E-state index is 13.7. The number of nitro groups is 1. The Morgan fingerprint density at radius 3 is 2.48 bits per heavy atom. The van der Waals surface area contributed by atoms with E-state index in [4.69, 9.17) is 9.47 Å². The number of anilines is 1. The zero-order valence-electron chi connectivity index (χ0n) is 17.7. The van der Waals surface area contributed by atoms with Gasteiger partial charge in [0, 0.05) is 18.3 Å². The van der Waals surface area contributed by atoms with Crippen molar-refractivity contribution in [1.29, 1.82) is 0 Å². The largest absolute Gasteiger partial charge is 0.495 e. The van der Waals surface area contributed by atoms with Gasteiger partial charge in [0.15, 0.2) is 0 Å². The van der Waals surface area contributed by atoms with Crippen molar-refractivity contribution in [2.24, 2.45) is 11.8 Å². The molecule has 3 aliphatic heterocycles. The Kier molecular flexibility index (Phi) is 4.66. The number of hydrogen-bond donors (Lipinski definition) is 0. The third-order valence-corrected chi connectivity index (χ3v) is 6.52. The van der Waals surface area contributed by atoms with Crippen molar-refractivity contribution in [3.63, 3.8) is 0 Å². The zero-order valence-corrected chi connectivity index (χ0v) is 17.7. The number of imide groups is 1. The van der Waals surface area contributed by atoms with Crippen molar-refractivity contribution in [3.05, 3.63) is 69.9 Å². The number of nitro benzene ring substituents is 1. The molecule has 168 valence electrons. The fourth-order valence-corrected chi connectivity index (χ4v) is 5.15. The summed E-state index contributed by atoms with van der Waals surface area (Å²) in [4.78, 5) is 53.5. The molecule has 2 saturated heterocycles. The molecule has 0 saturated carbocycles. The molecule has 0 aliphatic carbocycles. The number of nitrogens with zero attached hydrogens (tertiary/aromatic N) is 3. The summed E-state index contributed by atoms with van der Waals surface area (Å²) in [7, 11) is 2.58. The summed E-state index contributed by atoms with van der Waals surface area (Å²) in [5.41, 5.74) is 1.39. The molecule has 2 aromatic rings. The molecule has 2 amide bonds. The number of ether oxygens (including phenoxy) is 2. The molecule has 0 N–H and O–H groups in total. The molecule has 2 aromatic carbocycles. The molecule has 0 spiro atoms. The van der Waals surface area contributed by atoms with Crippen molar-refractivity contribution in [3.8, 4) is 5.75 Å². The lowest BCUT2D eigenvalue weighted by molar-refractivity contribution is -0.384. The summed E-state index contributed by atoms with van der Waals surface area (Å²) in [5, 5.41) is 11.3. The van der Waals surface area contributed by atoms with Gasteiger partial charge in [0.2, 0.25) is 11.8 Å². The molecular formula is C23H19N3O7. The van der Waals surface area contributed by atoms with Gasteiger partial charge in [-0.25, -0.2) is 9.69 Å². The highest BCUT2D eigenvalue weighted by atomic mass is 16.6. The molecule has 5 rings (SSSR count). The van der Waals surface area contributed by atoms with Crippen molar-refractivity contribution in [2.75, 3.05) is 19.1 Å². The quantitative estimate of drug-likeness (QED) is 0.302. The highest BCUT2D eigenvalue weighted by Gasteiger charge is 2.65. The van der Waals surface area contributed by atoms with Crippen molar-refractivity contribution < 1.29 is 28.8 Å². The van der Waals surface area contributed by atoms with Gasteiger partial charge >= 0.3 is 5.97 Å². The van der Waals surface area contributed by atoms with Gasteiger partial charge in [-0.3, -0.25) is 19.7 Å². The number of amides is 2. The van der Waals surface area contributed by atoms with Crippen LogP contribution in [-0.2, 0) is 19.1 Å². The third-order valence-electron chi connectivity index (χ3n) is 6.52. The summed E-state index contributed by atoms with van der Waals surface area (Å²) in [5.74, 6) is -3.57. The topological polar surface area (TPSA) is 119 Å². The number of benzene rings is 2. The SMILES string of the molecule is COC(=O)[C@@H]1[C@@H]2C(=O)N(c3cc([N+](=O)[O-])ccc3OC)C(=O)[C@H]2[C@H]2c3ccccc3C=CN12. The van der Waals surface area contributed by atoms with Gasteiger partial charge in [0.05, 0.1) is 37.0 Å². The van der Waals surface area contributed by atoms with E-state index in [2.05, 4.69) is 0 Å². The van der Waals surface area contributed by atoms with Crippen molar-refractivity contribution in [1.82, 2.24) is 4.90 Å². The first-order valence-corrected chi connectivity index (χ1v) is 10.2. The van der Waals surface area contributed by atoms with Crippen LogP contribution in [0.1, 0.15) is 17.2 Å². The molecule has 0 unspecified atom stereocenters. The molecule has 0 radical (unpaired) electrons. The molecule has 0 bridgehead atoms. The second kappa shape index (κ2) is 7.44. The van der Waals surface area contributed by atoms with E-state index in [1.165, 1.54) is 26.4 Å². The summed E-state index contributed by atoms with van der Waals surface area (Å²) in [6.07, 6.45) is 3.55. The molecule has 33 heavy (non-hydrogen) atoms. The second-order valence-electron chi connectivity index (χ2n) is 7.98. The first-order valence-electron chi connectivity index (χ1n) is 10.2. The van der Waals surface area contributed by atoms with Crippen molar-refractivity contribution in [2.45, 2.75) is 12.1 Å². The molecule has 3 heterocycles. The average Bonchev–Trinajstić information content (AvgIpc) is 3.30. The fraction of sp³-hybridized carbons (Fsp3) is 0.261. The van der Waals surface area contributed by atoms with E-state index >= 15 is 0 Å². The first-order chi connectivity index (χ1) is 15.9. The lowest BCUT2D eigenvalue weighted by Crippen LogP contribution is -2.44. The number of fused-ring (bicyclic) bond motifs is 5. The first kappa shape index (κ1) is 20.7. The Labute approximate surface area is 188 Å². The van der Waals surface area contributed by atoms with E-state index in [1.807, 2.05) is 30.3 Å². The number of non-ortho nitro benzene ring substituents is 1. The van der Waals surface area contributed by atoms with Crippen LogP contribution in [-0.4, -0.2) is 47.9 Å². The normalized spacial score (nSPS) is 24.9. The average molecular weight is 449 g/mol. The summed E-state index contributed by atoms with van der Waals surface area (Å²) < 4.78 is 10.3. The Balaban J connectivity index is 1.67. The number of carbonyl (C=O) groups excluding carboxylic acids is 3. The Morgan fingerprint density at radius 1 is 1.06 bits per heavy atom. The minimum atomic E-state index is -1.02. The fourth-order valence-electron chi connectivity index (χ4n) is 5.15. The molecule has 0 aromatic heterocycles. The molecule has 10 nitrogen and oxygen atoms in total. The lowest BCUT2D eigenvalue weighted by atomic mass is 9.84. The number of esters is 1. The van der Waals surface area contributed by atoms with Gasteiger partial charge in [0.1, 0.15) is 17.5 Å². The number of hydrogen-bond acceptors (Lipinski definition) is 8. The molecule has 4 atom stereocenters. The van der Waals surface area contributed by atoms with Crippen LogP contribution < -0.4 is 9.64 Å². The Hall–Kier alpha value is -4.21. The van der Waals surface area contributed by atoms with Crippen LogP contribution in [0.25, 0.3) is 6.08 Å². The minimum absolute atomic E-state index is 0.0223. The van der Waals surface area contributed by atoms with Gasteiger partial charge in [0.25, 0.3) is 5.69 Å². The van der Waals surface area contributed by atoms with E-state index in [0.717, 1.165) is 22.1 Å². The smallest absolute Gasteiger partial charge is 0.329 e. The maximum Gasteiger partial charge on any atom is 0.329 e. The predicted molar refractivity (Wildman–Crippen MR) is 115 cm³/mol. The van der Waals surface area contributed by atoms with Crippen molar-refractivity contribution >= 4 is 35.2 Å². The van der Waals surface area contributed by atoms with Crippen LogP contribution in [0.5, 0.6) is 5.75 Å². The minimum Gasteiger partial charge on any atom is -0.495 e. The second-order valence-corrected chi connectivity index (χ2v) is 7.98. The zero-order chi connectivity index (χ0) is 23.4. The van der Waals surface area contributed by atoms with Crippen LogP contribution in [0, 0.1) is 22.0 Å². The summed E-state index contributed by atoms with van der Waals surface area (Å²) >= 11 is 0. The molecule has 3 aliphatic rings. The summed E-state index contributed by atoms with van der Waals surface area (Å²) in [6.45, 7) is 0. The van der Waals surface area contributed by atoms with E-state index < -0.39 is 46.6 Å². The van der Waals surface area contributed by atoms with Crippen LogP contribution in [0.4, 0.5) is 11.4 Å². The Morgan fingerprint density at radius 2 is 1.79 bits per heavy atom. The van der Waals surface area contributed by atoms with E-state index in [1.54, 1.807) is 11.1 Å². The van der Waals surface area contributed by atoms with E-state index in [-0.39, 0.29) is 17.1 Å². The standard InChI is InChI=1S/C23H19N3O7/c1-32-16-8-7-13(26(30)31)11-15(16)25-21(27)17-18(22(25)28)20(23(29)33-2)24-10-9-12-5-3-4-6-14(12)19(17)24/h3-11,17-20H,1-2H3/t17-,18-,19-,20+/m1/s1. The maximum absolute atomic E-state index is 13.7. The third kappa shape index (κ3) is 2.83. The highest BCUT2D eigenvalue weighted by Crippen LogP contribution is 2.54. The monoisotopic (exact) mass is 449 g/mol.